The molecule has 2 aromatic rings. The molecule has 0 saturated carbocycles. The lowest BCUT2D eigenvalue weighted by molar-refractivity contribution is -0.134. The van der Waals surface area contributed by atoms with Crippen LogP contribution in [-0.4, -0.2) is 36.6 Å². The van der Waals surface area contributed by atoms with Gasteiger partial charge in [0.05, 0.1) is 18.2 Å². The molecule has 1 atom stereocenters. The van der Waals surface area contributed by atoms with E-state index in [0.717, 1.165) is 16.1 Å². The highest BCUT2D eigenvalue weighted by molar-refractivity contribution is 7.98. The van der Waals surface area contributed by atoms with Gasteiger partial charge in [0.25, 0.3) is 0 Å². The van der Waals surface area contributed by atoms with Crippen molar-refractivity contribution in [1.82, 2.24) is 4.90 Å². The van der Waals surface area contributed by atoms with Gasteiger partial charge in [-0.25, -0.2) is 0 Å². The molecular weight excluding hydrogens is 332 g/mol. The SMILES string of the molecule is CCC(C(=O)N(C)CC(=O)Nc1ccccc1SC)c1ccccc1. The van der Waals surface area contributed by atoms with Crippen molar-refractivity contribution in [3.05, 3.63) is 60.2 Å². The molecule has 0 spiro atoms. The molecule has 2 aromatic carbocycles. The largest absolute Gasteiger partial charge is 0.336 e. The maximum Gasteiger partial charge on any atom is 0.244 e. The van der Waals surface area contributed by atoms with E-state index in [1.807, 2.05) is 67.8 Å². The quantitative estimate of drug-likeness (QED) is 0.763. The number of hydrogen-bond acceptors (Lipinski definition) is 3. The van der Waals surface area contributed by atoms with E-state index in [1.165, 1.54) is 4.90 Å². The topological polar surface area (TPSA) is 49.4 Å². The zero-order valence-electron chi connectivity index (χ0n) is 14.9. The number of para-hydroxylation sites is 1. The minimum atomic E-state index is -0.225. The summed E-state index contributed by atoms with van der Waals surface area (Å²) < 4.78 is 0. The summed E-state index contributed by atoms with van der Waals surface area (Å²) in [6, 6.07) is 17.3. The molecule has 0 aliphatic rings. The predicted octanol–water partition coefficient (Wildman–Crippen LogP) is 4.00. The van der Waals surface area contributed by atoms with Crippen molar-refractivity contribution in [2.24, 2.45) is 0 Å². The molecule has 0 fully saturated rings. The lowest BCUT2D eigenvalue weighted by Gasteiger charge is -2.23. The number of anilines is 1. The maximum atomic E-state index is 12.7. The predicted molar refractivity (Wildman–Crippen MR) is 104 cm³/mol. The monoisotopic (exact) mass is 356 g/mol. The van der Waals surface area contributed by atoms with Gasteiger partial charge < -0.3 is 10.2 Å². The van der Waals surface area contributed by atoms with Crippen molar-refractivity contribution in [2.45, 2.75) is 24.2 Å². The summed E-state index contributed by atoms with van der Waals surface area (Å²) in [7, 11) is 1.67. The average Bonchev–Trinajstić information content (AvgIpc) is 2.63. The molecular formula is C20H24N2O2S. The molecule has 0 aromatic heterocycles. The molecule has 0 bridgehead atoms. The van der Waals surface area contributed by atoms with Crippen molar-refractivity contribution in [3.63, 3.8) is 0 Å². The van der Waals surface area contributed by atoms with Gasteiger partial charge in [0.2, 0.25) is 11.8 Å². The van der Waals surface area contributed by atoms with E-state index in [4.69, 9.17) is 0 Å². The molecule has 1 N–H and O–H groups in total. The molecule has 0 aliphatic carbocycles. The Hall–Kier alpha value is -2.27. The Morgan fingerprint density at radius 3 is 2.36 bits per heavy atom. The number of nitrogens with zero attached hydrogens (tertiary/aromatic N) is 1. The molecule has 0 radical (unpaired) electrons. The van der Waals surface area contributed by atoms with E-state index in [1.54, 1.807) is 18.8 Å². The number of carbonyl (C=O) groups is 2. The van der Waals surface area contributed by atoms with Crippen LogP contribution in [0.15, 0.2) is 59.5 Å². The van der Waals surface area contributed by atoms with E-state index in [9.17, 15) is 9.59 Å². The minimum absolute atomic E-state index is 0.0326. The Morgan fingerprint density at radius 1 is 1.08 bits per heavy atom. The molecule has 0 saturated heterocycles. The molecule has 2 rings (SSSR count). The lowest BCUT2D eigenvalue weighted by Crippen LogP contribution is -2.37. The maximum absolute atomic E-state index is 12.7. The molecule has 2 amide bonds. The number of thioether (sulfide) groups is 1. The van der Waals surface area contributed by atoms with Crippen LogP contribution in [0.4, 0.5) is 5.69 Å². The van der Waals surface area contributed by atoms with Gasteiger partial charge in [0.15, 0.2) is 0 Å². The smallest absolute Gasteiger partial charge is 0.244 e. The Kier molecular flexibility index (Phi) is 7.07. The number of benzene rings is 2. The number of carbonyl (C=O) groups excluding carboxylic acids is 2. The zero-order chi connectivity index (χ0) is 18.2. The van der Waals surface area contributed by atoms with Crippen LogP contribution < -0.4 is 5.32 Å². The van der Waals surface area contributed by atoms with E-state index >= 15 is 0 Å². The third-order valence-corrected chi connectivity index (χ3v) is 4.84. The van der Waals surface area contributed by atoms with Gasteiger partial charge in [0, 0.05) is 11.9 Å². The summed E-state index contributed by atoms with van der Waals surface area (Å²) in [5.41, 5.74) is 1.76. The number of nitrogens with one attached hydrogen (secondary N) is 1. The van der Waals surface area contributed by atoms with Crippen LogP contribution in [0.25, 0.3) is 0 Å². The first-order valence-electron chi connectivity index (χ1n) is 8.29. The minimum Gasteiger partial charge on any atom is -0.336 e. The van der Waals surface area contributed by atoms with Crippen molar-refractivity contribution in [2.75, 3.05) is 25.2 Å². The molecule has 132 valence electrons. The molecule has 5 heteroatoms. The van der Waals surface area contributed by atoms with Gasteiger partial charge in [-0.3, -0.25) is 9.59 Å². The lowest BCUT2D eigenvalue weighted by atomic mass is 9.95. The first-order chi connectivity index (χ1) is 12.1. The zero-order valence-corrected chi connectivity index (χ0v) is 15.7. The van der Waals surface area contributed by atoms with Gasteiger partial charge in [-0.15, -0.1) is 11.8 Å². The number of likely N-dealkylation sites (N-methyl/N-ethyl adjacent to an activating group) is 1. The van der Waals surface area contributed by atoms with Crippen LogP contribution >= 0.6 is 11.8 Å². The van der Waals surface area contributed by atoms with E-state index < -0.39 is 0 Å². The molecule has 1 unspecified atom stereocenters. The number of rotatable bonds is 7. The van der Waals surface area contributed by atoms with Crippen LogP contribution in [0.5, 0.6) is 0 Å². The van der Waals surface area contributed by atoms with Crippen molar-refractivity contribution >= 4 is 29.3 Å². The van der Waals surface area contributed by atoms with Gasteiger partial charge in [-0.2, -0.15) is 0 Å². The van der Waals surface area contributed by atoms with Crippen LogP contribution in [-0.2, 0) is 9.59 Å². The summed E-state index contributed by atoms with van der Waals surface area (Å²) in [5, 5.41) is 2.89. The summed E-state index contributed by atoms with van der Waals surface area (Å²) in [5.74, 6) is -0.459. The number of amides is 2. The fourth-order valence-electron chi connectivity index (χ4n) is 2.74. The summed E-state index contributed by atoms with van der Waals surface area (Å²) in [4.78, 5) is 27.6. The van der Waals surface area contributed by atoms with Gasteiger partial charge in [0.1, 0.15) is 0 Å². The van der Waals surface area contributed by atoms with Crippen LogP contribution in [0.2, 0.25) is 0 Å². The summed E-state index contributed by atoms with van der Waals surface area (Å²) in [6.45, 7) is 2.02. The van der Waals surface area contributed by atoms with Crippen LogP contribution in [0.1, 0.15) is 24.8 Å². The Bertz CT molecular complexity index is 719. The third-order valence-electron chi connectivity index (χ3n) is 4.05. The second-order valence-corrected chi connectivity index (χ2v) is 6.66. The van der Waals surface area contributed by atoms with E-state index in [2.05, 4.69) is 5.32 Å². The van der Waals surface area contributed by atoms with Crippen LogP contribution in [0.3, 0.4) is 0 Å². The first kappa shape index (κ1) is 19.1. The molecule has 25 heavy (non-hydrogen) atoms. The standard InChI is InChI=1S/C20H24N2O2S/c1-4-16(15-10-6-5-7-11-15)20(24)22(2)14-19(23)21-17-12-8-9-13-18(17)25-3/h5-13,16H,4,14H2,1-3H3,(H,21,23). The molecule has 4 nitrogen and oxygen atoms in total. The Morgan fingerprint density at radius 2 is 1.72 bits per heavy atom. The highest BCUT2D eigenvalue weighted by Crippen LogP contribution is 2.25. The fourth-order valence-corrected chi connectivity index (χ4v) is 3.29. The Labute approximate surface area is 153 Å². The number of hydrogen-bond donors (Lipinski definition) is 1. The van der Waals surface area contributed by atoms with Crippen molar-refractivity contribution in [3.8, 4) is 0 Å². The average molecular weight is 356 g/mol. The molecule has 0 aliphatic heterocycles. The normalized spacial score (nSPS) is 11.6. The summed E-state index contributed by atoms with van der Waals surface area (Å²) in [6.07, 6.45) is 2.66. The Balaban J connectivity index is 2.01. The molecule has 0 heterocycles. The third kappa shape index (κ3) is 5.10. The highest BCUT2D eigenvalue weighted by Gasteiger charge is 2.23. The van der Waals surface area contributed by atoms with Crippen molar-refractivity contribution < 1.29 is 9.59 Å². The highest BCUT2D eigenvalue weighted by atomic mass is 32.2. The van der Waals surface area contributed by atoms with Crippen LogP contribution in [0, 0.1) is 0 Å². The summed E-state index contributed by atoms with van der Waals surface area (Å²) >= 11 is 1.57. The second-order valence-electron chi connectivity index (χ2n) is 5.81. The van der Waals surface area contributed by atoms with Gasteiger partial charge in [-0.1, -0.05) is 49.4 Å². The van der Waals surface area contributed by atoms with E-state index in [-0.39, 0.29) is 24.3 Å². The fraction of sp³-hybridized carbons (Fsp3) is 0.300. The second kappa shape index (κ2) is 9.28. The van der Waals surface area contributed by atoms with Gasteiger partial charge in [-0.05, 0) is 30.4 Å². The van der Waals surface area contributed by atoms with E-state index in [0.29, 0.717) is 6.42 Å². The van der Waals surface area contributed by atoms with Gasteiger partial charge >= 0.3 is 0 Å². The first-order valence-corrected chi connectivity index (χ1v) is 9.52. The van der Waals surface area contributed by atoms with Crippen molar-refractivity contribution in [1.29, 1.82) is 0 Å².